The maximum absolute atomic E-state index is 13.2. The van der Waals surface area contributed by atoms with Crippen LogP contribution in [0.5, 0.6) is 0 Å². The van der Waals surface area contributed by atoms with Crippen molar-refractivity contribution in [3.8, 4) is 11.3 Å². The first-order chi connectivity index (χ1) is 16.1. The second-order valence-electron chi connectivity index (χ2n) is 8.04. The molecule has 6 nitrogen and oxygen atoms in total. The van der Waals surface area contributed by atoms with E-state index in [1.54, 1.807) is 22.8 Å². The number of nitrogens with zero attached hydrogens (tertiary/aromatic N) is 4. The average Bonchev–Trinajstić information content (AvgIpc) is 2.84. The van der Waals surface area contributed by atoms with Gasteiger partial charge < -0.3 is 9.80 Å². The lowest BCUT2D eigenvalue weighted by Crippen LogP contribution is -2.51. The van der Waals surface area contributed by atoms with Gasteiger partial charge in [-0.3, -0.25) is 9.59 Å². The average molecular weight is 474 g/mol. The van der Waals surface area contributed by atoms with Crippen molar-refractivity contribution in [1.82, 2.24) is 14.7 Å². The van der Waals surface area contributed by atoms with E-state index in [2.05, 4.69) is 5.10 Å². The predicted molar refractivity (Wildman–Crippen MR) is 119 cm³/mol. The molecule has 10 heteroatoms. The van der Waals surface area contributed by atoms with Gasteiger partial charge in [0.25, 0.3) is 5.56 Å². The number of hydrogen-bond donors (Lipinski definition) is 0. The monoisotopic (exact) mass is 474 g/mol. The van der Waals surface area contributed by atoms with Gasteiger partial charge in [-0.15, -0.1) is 0 Å². The van der Waals surface area contributed by atoms with Gasteiger partial charge in [-0.2, -0.15) is 18.3 Å². The minimum Gasteiger partial charge on any atom is -0.368 e. The Morgan fingerprint density at radius 3 is 2.29 bits per heavy atom. The number of amides is 1. The highest BCUT2D eigenvalue weighted by atomic mass is 19.4. The normalized spacial score (nSPS) is 15.3. The molecule has 1 aliphatic heterocycles. The zero-order valence-corrected chi connectivity index (χ0v) is 18.3. The van der Waals surface area contributed by atoms with Crippen molar-refractivity contribution in [2.45, 2.75) is 19.1 Å². The summed E-state index contributed by atoms with van der Waals surface area (Å²) in [7, 11) is 0. The SMILES string of the molecule is CC(C(=O)N1CCN(c2cccc(C(F)(F)F)c2)CC1)n1nc(-c2ccc(F)cc2)ccc1=O. The van der Waals surface area contributed by atoms with Crippen molar-refractivity contribution in [2.24, 2.45) is 0 Å². The molecule has 1 aliphatic rings. The summed E-state index contributed by atoms with van der Waals surface area (Å²) in [6.07, 6.45) is -4.42. The van der Waals surface area contributed by atoms with E-state index in [0.717, 1.165) is 16.8 Å². The Morgan fingerprint density at radius 2 is 1.65 bits per heavy atom. The molecule has 1 aromatic heterocycles. The summed E-state index contributed by atoms with van der Waals surface area (Å²) in [5.74, 6) is -0.709. The van der Waals surface area contributed by atoms with E-state index in [9.17, 15) is 27.2 Å². The summed E-state index contributed by atoms with van der Waals surface area (Å²) in [4.78, 5) is 28.9. The highest BCUT2D eigenvalue weighted by Gasteiger charge is 2.32. The molecule has 0 bridgehead atoms. The number of anilines is 1. The Hall–Kier alpha value is -3.69. The Morgan fingerprint density at radius 1 is 0.971 bits per heavy atom. The predicted octanol–water partition coefficient (Wildman–Crippen LogP) is 3.98. The second kappa shape index (κ2) is 9.28. The fourth-order valence-electron chi connectivity index (χ4n) is 3.91. The van der Waals surface area contributed by atoms with Crippen LogP contribution in [0.15, 0.2) is 65.5 Å². The van der Waals surface area contributed by atoms with Gasteiger partial charge in [0.1, 0.15) is 11.9 Å². The number of rotatable bonds is 4. The number of carbonyl (C=O) groups is 1. The topological polar surface area (TPSA) is 58.4 Å². The molecule has 0 aliphatic carbocycles. The van der Waals surface area contributed by atoms with Gasteiger partial charge in [0.2, 0.25) is 5.91 Å². The first-order valence-corrected chi connectivity index (χ1v) is 10.7. The molecule has 0 radical (unpaired) electrons. The maximum atomic E-state index is 13.2. The number of benzene rings is 2. The van der Waals surface area contributed by atoms with E-state index in [4.69, 9.17) is 0 Å². The number of carbonyl (C=O) groups excluding carboxylic acids is 1. The highest BCUT2D eigenvalue weighted by molar-refractivity contribution is 5.80. The van der Waals surface area contributed by atoms with Gasteiger partial charge in [-0.05, 0) is 55.5 Å². The summed E-state index contributed by atoms with van der Waals surface area (Å²) >= 11 is 0. The van der Waals surface area contributed by atoms with Crippen molar-refractivity contribution < 1.29 is 22.4 Å². The Labute approximate surface area is 193 Å². The molecule has 2 heterocycles. The summed E-state index contributed by atoms with van der Waals surface area (Å²) in [6.45, 7) is 2.89. The van der Waals surface area contributed by atoms with Crippen molar-refractivity contribution in [1.29, 1.82) is 0 Å². The fourth-order valence-corrected chi connectivity index (χ4v) is 3.91. The van der Waals surface area contributed by atoms with Crippen LogP contribution >= 0.6 is 0 Å². The minimum absolute atomic E-state index is 0.297. The van der Waals surface area contributed by atoms with Crippen molar-refractivity contribution in [3.05, 3.63) is 82.4 Å². The molecule has 34 heavy (non-hydrogen) atoms. The van der Waals surface area contributed by atoms with Gasteiger partial charge >= 0.3 is 6.18 Å². The zero-order chi connectivity index (χ0) is 24.5. The van der Waals surface area contributed by atoms with E-state index in [1.807, 2.05) is 0 Å². The second-order valence-corrected chi connectivity index (χ2v) is 8.04. The zero-order valence-electron chi connectivity index (χ0n) is 18.3. The molecule has 2 aromatic carbocycles. The van der Waals surface area contributed by atoms with Crippen LogP contribution in [0, 0.1) is 5.82 Å². The molecule has 4 rings (SSSR count). The molecule has 0 N–H and O–H groups in total. The molecule has 3 aromatic rings. The standard InChI is InChI=1S/C24H22F4N4O2/c1-16(32-22(33)10-9-21(29-32)17-5-7-19(25)8-6-17)23(34)31-13-11-30(12-14-31)20-4-2-3-18(15-20)24(26,27)28/h2-10,15-16H,11-14H2,1H3. The maximum Gasteiger partial charge on any atom is 0.416 e. The number of piperazine rings is 1. The van der Waals surface area contributed by atoms with Crippen molar-refractivity contribution in [2.75, 3.05) is 31.1 Å². The largest absolute Gasteiger partial charge is 0.416 e. The molecule has 178 valence electrons. The van der Waals surface area contributed by atoms with E-state index in [-0.39, 0.29) is 5.91 Å². The third kappa shape index (κ3) is 4.95. The molecule has 1 amide bonds. The summed E-state index contributed by atoms with van der Waals surface area (Å²) in [5.41, 5.74) is 0.302. The number of hydrogen-bond acceptors (Lipinski definition) is 4. The van der Waals surface area contributed by atoms with Crippen LogP contribution in [-0.2, 0) is 11.0 Å². The van der Waals surface area contributed by atoms with Crippen LogP contribution in [0.2, 0.25) is 0 Å². The molecule has 0 spiro atoms. The van der Waals surface area contributed by atoms with E-state index < -0.39 is 29.2 Å². The lowest BCUT2D eigenvalue weighted by molar-refractivity contribution is -0.137. The van der Waals surface area contributed by atoms with E-state index >= 15 is 0 Å². The van der Waals surface area contributed by atoms with Gasteiger partial charge in [0, 0.05) is 43.5 Å². The lowest BCUT2D eigenvalue weighted by atomic mass is 10.1. The molecular weight excluding hydrogens is 452 g/mol. The first kappa shape index (κ1) is 23.5. The number of alkyl halides is 3. The van der Waals surface area contributed by atoms with Crippen LogP contribution in [0.3, 0.4) is 0 Å². The molecular formula is C24H22F4N4O2. The van der Waals surface area contributed by atoms with Crippen molar-refractivity contribution in [3.63, 3.8) is 0 Å². The number of aromatic nitrogens is 2. The molecule has 1 unspecified atom stereocenters. The molecule has 1 fully saturated rings. The molecule has 1 saturated heterocycles. The summed E-state index contributed by atoms with van der Waals surface area (Å²) in [5, 5.41) is 4.30. The number of halogens is 4. The van der Waals surface area contributed by atoms with Crippen molar-refractivity contribution >= 4 is 11.6 Å². The first-order valence-electron chi connectivity index (χ1n) is 10.7. The molecule has 0 saturated carbocycles. The van der Waals surface area contributed by atoms with Gasteiger partial charge in [0.05, 0.1) is 11.3 Å². The third-order valence-electron chi connectivity index (χ3n) is 5.82. The van der Waals surface area contributed by atoms with Crippen LogP contribution in [0.4, 0.5) is 23.2 Å². The van der Waals surface area contributed by atoms with E-state index in [0.29, 0.717) is 43.1 Å². The summed E-state index contributed by atoms with van der Waals surface area (Å²) in [6, 6.07) is 12.7. The lowest BCUT2D eigenvalue weighted by Gasteiger charge is -2.37. The quantitative estimate of drug-likeness (QED) is 0.537. The van der Waals surface area contributed by atoms with Crippen LogP contribution < -0.4 is 10.5 Å². The van der Waals surface area contributed by atoms with E-state index in [1.165, 1.54) is 42.5 Å². The molecule has 1 atom stereocenters. The Balaban J connectivity index is 1.46. The fraction of sp³-hybridized carbons (Fsp3) is 0.292. The Kier molecular flexibility index (Phi) is 6.41. The van der Waals surface area contributed by atoms with Gasteiger partial charge in [-0.25, -0.2) is 9.07 Å². The van der Waals surface area contributed by atoms with Gasteiger partial charge in [-0.1, -0.05) is 6.07 Å². The minimum atomic E-state index is -4.42. The third-order valence-corrected chi connectivity index (χ3v) is 5.82. The van der Waals surface area contributed by atoms with Gasteiger partial charge in [0.15, 0.2) is 0 Å². The Bertz CT molecular complexity index is 1230. The van der Waals surface area contributed by atoms with Crippen LogP contribution in [-0.4, -0.2) is 46.8 Å². The highest BCUT2D eigenvalue weighted by Crippen LogP contribution is 2.32. The smallest absolute Gasteiger partial charge is 0.368 e. The van der Waals surface area contributed by atoms with Crippen LogP contribution in [0.25, 0.3) is 11.3 Å². The van der Waals surface area contributed by atoms with Crippen LogP contribution in [0.1, 0.15) is 18.5 Å². The summed E-state index contributed by atoms with van der Waals surface area (Å²) < 4.78 is 53.4.